The van der Waals surface area contributed by atoms with E-state index in [0.29, 0.717) is 44.0 Å². The van der Waals surface area contributed by atoms with Gasteiger partial charge in [-0.25, -0.2) is 8.42 Å². The first-order valence-electron chi connectivity index (χ1n) is 6.88. The SMILES string of the molecule is COCCCS(=O)(=O)N(CCCN)c1ccc(OC)cc1. The molecule has 0 amide bonds. The van der Waals surface area contributed by atoms with Gasteiger partial charge in [0.1, 0.15) is 5.75 Å². The average Bonchev–Trinajstić information content (AvgIpc) is 2.48. The monoisotopic (exact) mass is 316 g/mol. The molecule has 6 nitrogen and oxygen atoms in total. The fraction of sp³-hybridized carbons (Fsp3) is 0.571. The summed E-state index contributed by atoms with van der Waals surface area (Å²) in [5, 5.41) is 0. The van der Waals surface area contributed by atoms with Crippen molar-refractivity contribution in [1.82, 2.24) is 0 Å². The number of nitrogens with zero attached hydrogens (tertiary/aromatic N) is 1. The van der Waals surface area contributed by atoms with Gasteiger partial charge in [-0.3, -0.25) is 4.31 Å². The van der Waals surface area contributed by atoms with Gasteiger partial charge in [0.25, 0.3) is 0 Å². The molecule has 21 heavy (non-hydrogen) atoms. The van der Waals surface area contributed by atoms with Gasteiger partial charge >= 0.3 is 0 Å². The standard InChI is InChI=1S/C14H24N2O4S/c1-19-11-4-12-21(17,18)16(10-3-9-15)13-5-7-14(20-2)8-6-13/h5-8H,3-4,9-12,15H2,1-2H3. The molecule has 1 aromatic rings. The number of hydrogen-bond acceptors (Lipinski definition) is 5. The van der Waals surface area contributed by atoms with Crippen molar-refractivity contribution < 1.29 is 17.9 Å². The van der Waals surface area contributed by atoms with Gasteiger partial charge in [0.05, 0.1) is 18.6 Å². The van der Waals surface area contributed by atoms with E-state index < -0.39 is 10.0 Å². The highest BCUT2D eigenvalue weighted by atomic mass is 32.2. The number of nitrogens with two attached hydrogens (primary N) is 1. The molecule has 0 saturated heterocycles. The van der Waals surface area contributed by atoms with Crippen molar-refractivity contribution in [2.45, 2.75) is 12.8 Å². The minimum atomic E-state index is -3.38. The Hall–Kier alpha value is -1.31. The second-order valence-electron chi connectivity index (χ2n) is 4.57. The van der Waals surface area contributed by atoms with Crippen molar-refractivity contribution in [3.8, 4) is 5.75 Å². The van der Waals surface area contributed by atoms with E-state index in [1.165, 1.54) is 4.31 Å². The first-order chi connectivity index (χ1) is 10.0. The Morgan fingerprint density at radius 2 is 1.81 bits per heavy atom. The molecule has 0 heterocycles. The maximum absolute atomic E-state index is 12.5. The van der Waals surface area contributed by atoms with E-state index in [1.54, 1.807) is 38.5 Å². The van der Waals surface area contributed by atoms with Crippen molar-refractivity contribution in [2.75, 3.05) is 44.0 Å². The summed E-state index contributed by atoms with van der Waals surface area (Å²) in [5.41, 5.74) is 6.13. The highest BCUT2D eigenvalue weighted by Crippen LogP contribution is 2.22. The molecule has 1 aromatic carbocycles. The zero-order valence-electron chi connectivity index (χ0n) is 12.6. The van der Waals surface area contributed by atoms with Crippen LogP contribution in [0.25, 0.3) is 0 Å². The first kappa shape index (κ1) is 17.7. The third kappa shape index (κ3) is 5.53. The lowest BCUT2D eigenvalue weighted by molar-refractivity contribution is 0.199. The van der Waals surface area contributed by atoms with Crippen LogP contribution in [0.4, 0.5) is 5.69 Å². The Bertz CT molecular complexity index is 502. The van der Waals surface area contributed by atoms with Crippen LogP contribution in [0.1, 0.15) is 12.8 Å². The third-order valence-electron chi connectivity index (χ3n) is 3.01. The molecule has 0 aromatic heterocycles. The van der Waals surface area contributed by atoms with Gasteiger partial charge in [-0.2, -0.15) is 0 Å². The molecule has 120 valence electrons. The Morgan fingerprint density at radius 1 is 1.14 bits per heavy atom. The molecule has 0 fully saturated rings. The summed E-state index contributed by atoms with van der Waals surface area (Å²) < 4.78 is 36.3. The summed E-state index contributed by atoms with van der Waals surface area (Å²) in [6.45, 7) is 1.24. The van der Waals surface area contributed by atoms with Crippen molar-refractivity contribution >= 4 is 15.7 Å². The van der Waals surface area contributed by atoms with Crippen molar-refractivity contribution in [2.24, 2.45) is 5.73 Å². The van der Waals surface area contributed by atoms with Gasteiger partial charge in [-0.15, -0.1) is 0 Å². The molecule has 2 N–H and O–H groups in total. The Kier molecular flexibility index (Phi) is 7.49. The molecule has 0 unspecified atom stereocenters. The summed E-state index contributed by atoms with van der Waals surface area (Å²) in [6, 6.07) is 6.97. The van der Waals surface area contributed by atoms with Crippen molar-refractivity contribution in [3.63, 3.8) is 0 Å². The Morgan fingerprint density at radius 3 is 2.33 bits per heavy atom. The molecule has 0 aliphatic carbocycles. The van der Waals surface area contributed by atoms with Crippen LogP contribution >= 0.6 is 0 Å². The van der Waals surface area contributed by atoms with Gasteiger partial charge in [-0.1, -0.05) is 0 Å². The van der Waals surface area contributed by atoms with Gasteiger partial charge in [0, 0.05) is 20.3 Å². The molecule has 1 rings (SSSR count). The van der Waals surface area contributed by atoms with Crippen LogP contribution in [0.15, 0.2) is 24.3 Å². The van der Waals surface area contributed by atoms with Crippen LogP contribution in [0.5, 0.6) is 5.75 Å². The maximum Gasteiger partial charge on any atom is 0.235 e. The third-order valence-corrected chi connectivity index (χ3v) is 4.88. The van der Waals surface area contributed by atoms with Gasteiger partial charge in [-0.05, 0) is 43.7 Å². The number of rotatable bonds is 10. The van der Waals surface area contributed by atoms with Gasteiger partial charge in [0.15, 0.2) is 0 Å². The maximum atomic E-state index is 12.5. The molecule has 0 radical (unpaired) electrons. The van der Waals surface area contributed by atoms with Gasteiger partial charge < -0.3 is 15.2 Å². The molecule has 7 heteroatoms. The largest absolute Gasteiger partial charge is 0.497 e. The lowest BCUT2D eigenvalue weighted by Crippen LogP contribution is -2.35. The van der Waals surface area contributed by atoms with Crippen molar-refractivity contribution in [1.29, 1.82) is 0 Å². The molecule has 0 aliphatic heterocycles. The van der Waals surface area contributed by atoms with Crippen LogP contribution in [0.2, 0.25) is 0 Å². The van der Waals surface area contributed by atoms with Crippen LogP contribution < -0.4 is 14.8 Å². The second kappa shape index (κ2) is 8.86. The second-order valence-corrected chi connectivity index (χ2v) is 6.59. The summed E-state index contributed by atoms with van der Waals surface area (Å²) in [5.74, 6) is 0.742. The normalized spacial score (nSPS) is 11.4. The number of benzene rings is 1. The Labute approximate surface area is 126 Å². The molecular formula is C14H24N2O4S. The van der Waals surface area contributed by atoms with E-state index in [2.05, 4.69) is 0 Å². The number of sulfonamides is 1. The fourth-order valence-electron chi connectivity index (χ4n) is 1.91. The lowest BCUT2D eigenvalue weighted by atomic mass is 10.3. The first-order valence-corrected chi connectivity index (χ1v) is 8.49. The molecular weight excluding hydrogens is 292 g/mol. The zero-order chi connectivity index (χ0) is 15.7. The van der Waals surface area contributed by atoms with E-state index in [9.17, 15) is 8.42 Å². The summed E-state index contributed by atoms with van der Waals surface area (Å²) in [6.07, 6.45) is 1.07. The van der Waals surface area contributed by atoms with Crippen LogP contribution in [-0.4, -0.2) is 48.1 Å². The van der Waals surface area contributed by atoms with E-state index in [4.69, 9.17) is 15.2 Å². The quantitative estimate of drug-likeness (QED) is 0.656. The molecule has 0 atom stereocenters. The van der Waals surface area contributed by atoms with Gasteiger partial charge in [0.2, 0.25) is 10.0 Å². The number of anilines is 1. The number of hydrogen-bond donors (Lipinski definition) is 1. The molecule has 0 saturated carbocycles. The number of methoxy groups -OCH3 is 2. The van der Waals surface area contributed by atoms with E-state index >= 15 is 0 Å². The molecule has 0 bridgehead atoms. The summed E-state index contributed by atoms with van der Waals surface area (Å²) in [4.78, 5) is 0. The average molecular weight is 316 g/mol. The van der Waals surface area contributed by atoms with Crippen LogP contribution in [-0.2, 0) is 14.8 Å². The predicted octanol–water partition coefficient (Wildman–Crippen LogP) is 1.22. The Balaban J connectivity index is 2.92. The number of ether oxygens (including phenoxy) is 2. The van der Waals surface area contributed by atoms with E-state index in [0.717, 1.165) is 0 Å². The summed E-state index contributed by atoms with van der Waals surface area (Å²) in [7, 11) is -0.253. The minimum Gasteiger partial charge on any atom is -0.497 e. The molecule has 0 spiro atoms. The predicted molar refractivity (Wildman–Crippen MR) is 84.3 cm³/mol. The summed E-state index contributed by atoms with van der Waals surface area (Å²) >= 11 is 0. The van der Waals surface area contributed by atoms with Crippen molar-refractivity contribution in [3.05, 3.63) is 24.3 Å². The molecule has 0 aliphatic rings. The lowest BCUT2D eigenvalue weighted by Gasteiger charge is -2.24. The van der Waals surface area contributed by atoms with E-state index in [-0.39, 0.29) is 5.75 Å². The highest BCUT2D eigenvalue weighted by molar-refractivity contribution is 7.92. The topological polar surface area (TPSA) is 81.9 Å². The van der Waals surface area contributed by atoms with E-state index in [1.807, 2.05) is 0 Å². The minimum absolute atomic E-state index is 0.0530. The fourth-order valence-corrected chi connectivity index (χ4v) is 3.46. The van der Waals surface area contributed by atoms with Crippen LogP contribution in [0, 0.1) is 0 Å². The highest BCUT2D eigenvalue weighted by Gasteiger charge is 2.21. The smallest absolute Gasteiger partial charge is 0.235 e. The van der Waals surface area contributed by atoms with Crippen LogP contribution in [0.3, 0.4) is 0 Å². The zero-order valence-corrected chi connectivity index (χ0v) is 13.4.